The van der Waals surface area contributed by atoms with Gasteiger partial charge in [0, 0.05) is 0 Å². The number of rotatable bonds is 7. The number of aliphatic hydroxyl groups excluding tert-OH is 1. The second kappa shape index (κ2) is 9.01. The van der Waals surface area contributed by atoms with Gasteiger partial charge in [-0.05, 0) is 39.5 Å². The van der Waals surface area contributed by atoms with Gasteiger partial charge in [-0.15, -0.1) is 0 Å². The lowest BCUT2D eigenvalue weighted by atomic mass is 10.1. The van der Waals surface area contributed by atoms with Gasteiger partial charge in [0.1, 0.15) is 0 Å². The zero-order valence-corrected chi connectivity index (χ0v) is 9.84. The van der Waals surface area contributed by atoms with Crippen molar-refractivity contribution in [2.45, 2.75) is 52.9 Å². The van der Waals surface area contributed by atoms with Gasteiger partial charge in [0.25, 0.3) is 0 Å². The summed E-state index contributed by atoms with van der Waals surface area (Å²) >= 11 is 0. The van der Waals surface area contributed by atoms with Crippen molar-refractivity contribution in [1.29, 1.82) is 0 Å². The Morgan fingerprint density at radius 3 is 2.29 bits per heavy atom. The Kier molecular flexibility index (Phi) is 8.65. The average Bonchev–Trinajstić information content (AvgIpc) is 2.15. The number of hydrogen-bond donors (Lipinski definition) is 1. The van der Waals surface area contributed by atoms with Crippen molar-refractivity contribution in [2.75, 3.05) is 6.61 Å². The molecule has 0 aromatic heterocycles. The van der Waals surface area contributed by atoms with Crippen molar-refractivity contribution in [3.05, 3.63) is 23.3 Å². The molecular formula is C13H24O. The van der Waals surface area contributed by atoms with Crippen LogP contribution in [0, 0.1) is 0 Å². The molecule has 82 valence electrons. The predicted molar refractivity (Wildman–Crippen MR) is 63.4 cm³/mol. The Morgan fingerprint density at radius 1 is 1.07 bits per heavy atom. The van der Waals surface area contributed by atoms with E-state index in [1.165, 1.54) is 30.4 Å². The van der Waals surface area contributed by atoms with E-state index in [9.17, 15) is 0 Å². The van der Waals surface area contributed by atoms with Gasteiger partial charge in [-0.1, -0.05) is 36.6 Å². The molecule has 0 saturated carbocycles. The Hall–Kier alpha value is -0.560. The maximum atomic E-state index is 8.67. The van der Waals surface area contributed by atoms with Crippen LogP contribution in [-0.4, -0.2) is 11.7 Å². The zero-order valence-electron chi connectivity index (χ0n) is 9.84. The molecule has 0 unspecified atom stereocenters. The molecule has 0 saturated heterocycles. The van der Waals surface area contributed by atoms with E-state index in [-0.39, 0.29) is 6.61 Å². The zero-order chi connectivity index (χ0) is 10.8. The van der Waals surface area contributed by atoms with E-state index < -0.39 is 0 Å². The maximum absolute atomic E-state index is 8.67. The minimum absolute atomic E-state index is 0.171. The standard InChI is InChI=1S/C13H24O/c1-4-5-7-12(2)8-6-9-13(3)10-11-14/h8,10,14H,4-7,9,11H2,1-3H3. The molecule has 14 heavy (non-hydrogen) atoms. The molecule has 1 N–H and O–H groups in total. The molecule has 0 aliphatic carbocycles. The summed E-state index contributed by atoms with van der Waals surface area (Å²) < 4.78 is 0. The summed E-state index contributed by atoms with van der Waals surface area (Å²) in [6, 6.07) is 0. The normalized spacial score (nSPS) is 13.4. The van der Waals surface area contributed by atoms with Gasteiger partial charge < -0.3 is 5.11 Å². The van der Waals surface area contributed by atoms with E-state index >= 15 is 0 Å². The topological polar surface area (TPSA) is 20.2 Å². The van der Waals surface area contributed by atoms with Crippen LogP contribution in [0.5, 0.6) is 0 Å². The first-order valence-electron chi connectivity index (χ1n) is 5.62. The van der Waals surface area contributed by atoms with Crippen LogP contribution >= 0.6 is 0 Å². The smallest absolute Gasteiger partial charge is 0.0614 e. The van der Waals surface area contributed by atoms with Crippen LogP contribution in [0.3, 0.4) is 0 Å². The number of aliphatic hydroxyl groups is 1. The molecule has 1 nitrogen and oxygen atoms in total. The maximum Gasteiger partial charge on any atom is 0.0614 e. The van der Waals surface area contributed by atoms with Crippen molar-refractivity contribution in [3.8, 4) is 0 Å². The third-order valence-electron chi connectivity index (χ3n) is 2.40. The second-order valence-corrected chi connectivity index (χ2v) is 3.93. The molecule has 0 amide bonds. The predicted octanol–water partition coefficient (Wildman–Crippen LogP) is 3.84. The first-order chi connectivity index (χ1) is 6.70. The van der Waals surface area contributed by atoms with Crippen molar-refractivity contribution >= 4 is 0 Å². The number of hydrogen-bond acceptors (Lipinski definition) is 1. The average molecular weight is 196 g/mol. The number of allylic oxidation sites excluding steroid dienone is 3. The fraction of sp³-hybridized carbons (Fsp3) is 0.692. The highest BCUT2D eigenvalue weighted by atomic mass is 16.2. The molecule has 0 radical (unpaired) electrons. The van der Waals surface area contributed by atoms with Gasteiger partial charge in [0.2, 0.25) is 0 Å². The van der Waals surface area contributed by atoms with Crippen LogP contribution in [0.2, 0.25) is 0 Å². The Labute approximate surface area is 88.5 Å². The monoisotopic (exact) mass is 196 g/mol. The van der Waals surface area contributed by atoms with Gasteiger partial charge in [-0.3, -0.25) is 0 Å². The van der Waals surface area contributed by atoms with Crippen LogP contribution in [0.4, 0.5) is 0 Å². The molecule has 0 aromatic rings. The highest BCUT2D eigenvalue weighted by molar-refractivity contribution is 5.03. The lowest BCUT2D eigenvalue weighted by Crippen LogP contribution is -1.82. The summed E-state index contributed by atoms with van der Waals surface area (Å²) in [5.74, 6) is 0. The van der Waals surface area contributed by atoms with Crippen LogP contribution in [0.15, 0.2) is 23.3 Å². The first-order valence-corrected chi connectivity index (χ1v) is 5.62. The third kappa shape index (κ3) is 8.06. The SMILES string of the molecule is CCCCC(C)=CCCC(C)=CCO. The Morgan fingerprint density at radius 2 is 1.71 bits per heavy atom. The van der Waals surface area contributed by atoms with Crippen molar-refractivity contribution in [2.24, 2.45) is 0 Å². The molecule has 1 heteroatoms. The molecule has 0 spiro atoms. The lowest BCUT2D eigenvalue weighted by molar-refractivity contribution is 0.341. The highest BCUT2D eigenvalue weighted by Gasteiger charge is 1.91. The van der Waals surface area contributed by atoms with E-state index in [1.54, 1.807) is 0 Å². The summed E-state index contributed by atoms with van der Waals surface area (Å²) in [4.78, 5) is 0. The summed E-state index contributed by atoms with van der Waals surface area (Å²) in [5, 5.41) is 8.67. The summed E-state index contributed by atoms with van der Waals surface area (Å²) in [6.07, 6.45) is 10.2. The van der Waals surface area contributed by atoms with Crippen LogP contribution in [0.25, 0.3) is 0 Å². The first kappa shape index (κ1) is 13.4. The molecule has 0 aliphatic heterocycles. The third-order valence-corrected chi connectivity index (χ3v) is 2.40. The van der Waals surface area contributed by atoms with Crippen LogP contribution in [0.1, 0.15) is 52.9 Å². The quantitative estimate of drug-likeness (QED) is 0.613. The lowest BCUT2D eigenvalue weighted by Gasteiger charge is -2.00. The van der Waals surface area contributed by atoms with E-state index in [4.69, 9.17) is 5.11 Å². The van der Waals surface area contributed by atoms with Gasteiger partial charge in [0.15, 0.2) is 0 Å². The highest BCUT2D eigenvalue weighted by Crippen LogP contribution is 2.10. The van der Waals surface area contributed by atoms with Crippen molar-refractivity contribution in [3.63, 3.8) is 0 Å². The van der Waals surface area contributed by atoms with E-state index in [2.05, 4.69) is 26.8 Å². The number of unbranched alkanes of at least 4 members (excludes halogenated alkanes) is 1. The largest absolute Gasteiger partial charge is 0.392 e. The van der Waals surface area contributed by atoms with Gasteiger partial charge in [0.05, 0.1) is 6.61 Å². The molecule has 0 bridgehead atoms. The fourth-order valence-electron chi connectivity index (χ4n) is 1.36. The molecular weight excluding hydrogens is 172 g/mol. The Balaban J connectivity index is 3.64. The van der Waals surface area contributed by atoms with Crippen LogP contribution < -0.4 is 0 Å². The molecule has 0 rings (SSSR count). The summed E-state index contributed by atoms with van der Waals surface area (Å²) in [5.41, 5.74) is 2.79. The van der Waals surface area contributed by atoms with Gasteiger partial charge >= 0.3 is 0 Å². The van der Waals surface area contributed by atoms with Gasteiger partial charge in [-0.25, -0.2) is 0 Å². The van der Waals surface area contributed by atoms with E-state index in [0.29, 0.717) is 0 Å². The minimum atomic E-state index is 0.171. The molecule has 0 aliphatic rings. The molecule has 0 heterocycles. The minimum Gasteiger partial charge on any atom is -0.392 e. The Bertz CT molecular complexity index is 189. The van der Waals surface area contributed by atoms with Gasteiger partial charge in [-0.2, -0.15) is 0 Å². The summed E-state index contributed by atoms with van der Waals surface area (Å²) in [7, 11) is 0. The second-order valence-electron chi connectivity index (χ2n) is 3.93. The summed E-state index contributed by atoms with van der Waals surface area (Å²) in [6.45, 7) is 6.68. The van der Waals surface area contributed by atoms with Crippen LogP contribution in [-0.2, 0) is 0 Å². The van der Waals surface area contributed by atoms with E-state index in [0.717, 1.165) is 12.8 Å². The van der Waals surface area contributed by atoms with E-state index in [1.807, 2.05) is 6.08 Å². The molecule has 0 aromatic carbocycles. The fourth-order valence-corrected chi connectivity index (χ4v) is 1.36. The van der Waals surface area contributed by atoms with Crippen molar-refractivity contribution in [1.82, 2.24) is 0 Å². The van der Waals surface area contributed by atoms with Crippen molar-refractivity contribution < 1.29 is 5.11 Å². The molecule has 0 atom stereocenters. The molecule has 0 fully saturated rings.